The lowest BCUT2D eigenvalue weighted by molar-refractivity contribution is 0.102. The molecule has 1 heterocycles. The van der Waals surface area contributed by atoms with Crippen molar-refractivity contribution < 1.29 is 9.53 Å². The molecule has 2 aromatic carbocycles. The van der Waals surface area contributed by atoms with Gasteiger partial charge in [0.25, 0.3) is 5.91 Å². The van der Waals surface area contributed by atoms with Gasteiger partial charge in [-0.1, -0.05) is 19.1 Å². The van der Waals surface area contributed by atoms with Gasteiger partial charge in [0.05, 0.1) is 24.6 Å². The summed E-state index contributed by atoms with van der Waals surface area (Å²) in [6.07, 6.45) is 2.46. The summed E-state index contributed by atoms with van der Waals surface area (Å²) in [6.45, 7) is 2.08. The number of anilines is 1. The molecule has 2 N–H and O–H groups in total. The van der Waals surface area contributed by atoms with E-state index in [1.807, 2.05) is 48.5 Å². The second kappa shape index (κ2) is 7.00. The molecular weight excluding hydrogens is 302 g/mol. The molecule has 3 rings (SSSR count). The number of nitrogens with zero attached hydrogens (tertiary/aromatic N) is 1. The highest BCUT2D eigenvalue weighted by molar-refractivity contribution is 6.08. The van der Waals surface area contributed by atoms with E-state index in [4.69, 9.17) is 4.74 Å². The van der Waals surface area contributed by atoms with Crippen LogP contribution in [0.1, 0.15) is 22.8 Å². The summed E-state index contributed by atoms with van der Waals surface area (Å²) in [5.74, 6) is 0.573. The highest BCUT2D eigenvalue weighted by atomic mass is 16.5. The second-order valence-corrected chi connectivity index (χ2v) is 5.40. The zero-order valence-corrected chi connectivity index (χ0v) is 13.7. The molecule has 0 spiro atoms. The molecule has 0 fully saturated rings. The number of rotatable bonds is 5. The van der Waals surface area contributed by atoms with E-state index in [2.05, 4.69) is 22.4 Å². The van der Waals surface area contributed by atoms with Crippen LogP contribution in [-0.4, -0.2) is 23.2 Å². The van der Waals surface area contributed by atoms with Crippen molar-refractivity contribution in [3.63, 3.8) is 0 Å². The molecule has 0 atom stereocenters. The van der Waals surface area contributed by atoms with Crippen molar-refractivity contribution in [1.29, 1.82) is 0 Å². The van der Waals surface area contributed by atoms with Gasteiger partial charge >= 0.3 is 0 Å². The average Bonchev–Trinajstić information content (AvgIpc) is 3.12. The molecule has 1 amide bonds. The zero-order chi connectivity index (χ0) is 16.9. The molecule has 24 heavy (non-hydrogen) atoms. The number of aromatic amines is 1. The summed E-state index contributed by atoms with van der Waals surface area (Å²) in [5, 5.41) is 9.85. The first kappa shape index (κ1) is 15.8. The molecule has 0 bridgehead atoms. The van der Waals surface area contributed by atoms with Gasteiger partial charge in [-0.05, 0) is 48.4 Å². The van der Waals surface area contributed by atoms with E-state index in [1.165, 1.54) is 5.56 Å². The van der Waals surface area contributed by atoms with Crippen LogP contribution in [0, 0.1) is 0 Å². The minimum Gasteiger partial charge on any atom is -0.497 e. The van der Waals surface area contributed by atoms with Crippen LogP contribution in [0.15, 0.2) is 54.7 Å². The lowest BCUT2D eigenvalue weighted by atomic mass is 10.1. The normalized spacial score (nSPS) is 10.4. The van der Waals surface area contributed by atoms with E-state index >= 15 is 0 Å². The third-order valence-corrected chi connectivity index (χ3v) is 3.86. The summed E-state index contributed by atoms with van der Waals surface area (Å²) in [5.41, 5.74) is 4.02. The second-order valence-electron chi connectivity index (χ2n) is 5.40. The summed E-state index contributed by atoms with van der Waals surface area (Å²) >= 11 is 0. The van der Waals surface area contributed by atoms with E-state index in [0.29, 0.717) is 11.3 Å². The summed E-state index contributed by atoms with van der Waals surface area (Å²) in [7, 11) is 1.62. The topological polar surface area (TPSA) is 67.0 Å². The van der Waals surface area contributed by atoms with Gasteiger partial charge in [0.2, 0.25) is 0 Å². The van der Waals surface area contributed by atoms with E-state index in [1.54, 1.807) is 13.3 Å². The van der Waals surface area contributed by atoms with Gasteiger partial charge in [0.1, 0.15) is 5.75 Å². The summed E-state index contributed by atoms with van der Waals surface area (Å²) < 4.78 is 5.16. The van der Waals surface area contributed by atoms with Gasteiger partial charge in [-0.25, -0.2) is 0 Å². The number of aromatic nitrogens is 2. The summed E-state index contributed by atoms with van der Waals surface area (Å²) in [4.78, 5) is 12.6. The molecule has 122 valence electrons. The molecule has 0 radical (unpaired) electrons. The Balaban J connectivity index is 1.84. The number of methoxy groups -OCH3 is 1. The maximum absolute atomic E-state index is 12.6. The van der Waals surface area contributed by atoms with Gasteiger partial charge in [-0.2, -0.15) is 5.10 Å². The predicted octanol–water partition coefficient (Wildman–Crippen LogP) is 3.90. The highest BCUT2D eigenvalue weighted by Crippen LogP contribution is 2.24. The molecule has 3 aromatic rings. The van der Waals surface area contributed by atoms with Crippen LogP contribution >= 0.6 is 0 Å². The number of H-pyrrole nitrogens is 1. The SMILES string of the molecule is CCc1cccc(NC(=O)c2cn[nH]c2-c2ccc(OC)cc2)c1. The Morgan fingerprint density at radius 3 is 2.71 bits per heavy atom. The van der Waals surface area contributed by atoms with Crippen LogP contribution < -0.4 is 10.1 Å². The zero-order valence-electron chi connectivity index (χ0n) is 13.7. The van der Waals surface area contributed by atoms with E-state index in [0.717, 1.165) is 23.4 Å². The lowest BCUT2D eigenvalue weighted by Crippen LogP contribution is -2.12. The first-order chi connectivity index (χ1) is 11.7. The number of hydrogen-bond donors (Lipinski definition) is 2. The first-order valence-electron chi connectivity index (χ1n) is 7.79. The Morgan fingerprint density at radius 2 is 2.00 bits per heavy atom. The van der Waals surface area contributed by atoms with Crippen LogP contribution in [0.5, 0.6) is 5.75 Å². The van der Waals surface area contributed by atoms with Crippen LogP contribution in [0.4, 0.5) is 5.69 Å². The smallest absolute Gasteiger partial charge is 0.259 e. The number of aryl methyl sites for hydroxylation is 1. The Kier molecular flexibility index (Phi) is 4.61. The standard InChI is InChI=1S/C19H19N3O2/c1-3-13-5-4-6-15(11-13)21-19(23)17-12-20-22-18(17)14-7-9-16(24-2)10-8-14/h4-12H,3H2,1-2H3,(H,20,22)(H,21,23). The third-order valence-electron chi connectivity index (χ3n) is 3.86. The molecule has 1 aromatic heterocycles. The molecule has 0 aliphatic rings. The number of ether oxygens (including phenoxy) is 1. The van der Waals surface area contributed by atoms with Gasteiger partial charge in [-0.15, -0.1) is 0 Å². The molecule has 0 saturated carbocycles. The van der Waals surface area contributed by atoms with Crippen LogP contribution in [0.3, 0.4) is 0 Å². The highest BCUT2D eigenvalue weighted by Gasteiger charge is 2.15. The number of amides is 1. The monoisotopic (exact) mass is 321 g/mol. The fraction of sp³-hybridized carbons (Fsp3) is 0.158. The quantitative estimate of drug-likeness (QED) is 0.749. The van der Waals surface area contributed by atoms with Crippen molar-refractivity contribution in [3.05, 3.63) is 65.9 Å². The van der Waals surface area contributed by atoms with Crippen molar-refractivity contribution in [3.8, 4) is 17.0 Å². The van der Waals surface area contributed by atoms with Gasteiger partial charge in [-0.3, -0.25) is 9.89 Å². The van der Waals surface area contributed by atoms with Crippen molar-refractivity contribution in [2.45, 2.75) is 13.3 Å². The molecule has 0 saturated heterocycles. The summed E-state index contributed by atoms with van der Waals surface area (Å²) in [6, 6.07) is 15.3. The Morgan fingerprint density at radius 1 is 1.21 bits per heavy atom. The van der Waals surface area contributed by atoms with Crippen molar-refractivity contribution in [1.82, 2.24) is 10.2 Å². The fourth-order valence-electron chi connectivity index (χ4n) is 2.50. The number of carbonyl (C=O) groups is 1. The maximum atomic E-state index is 12.6. The number of nitrogens with one attached hydrogen (secondary N) is 2. The Hall–Kier alpha value is -3.08. The maximum Gasteiger partial charge on any atom is 0.259 e. The fourth-order valence-corrected chi connectivity index (χ4v) is 2.50. The van der Waals surface area contributed by atoms with E-state index < -0.39 is 0 Å². The average molecular weight is 321 g/mol. The lowest BCUT2D eigenvalue weighted by Gasteiger charge is -2.08. The minimum atomic E-state index is -0.192. The molecule has 0 aliphatic heterocycles. The van der Waals surface area contributed by atoms with Gasteiger partial charge in [0.15, 0.2) is 0 Å². The molecule has 0 aliphatic carbocycles. The van der Waals surface area contributed by atoms with Crippen molar-refractivity contribution in [2.24, 2.45) is 0 Å². The van der Waals surface area contributed by atoms with Crippen LogP contribution in [0.2, 0.25) is 0 Å². The Bertz CT molecular complexity index is 838. The molecular formula is C19H19N3O2. The number of hydrogen-bond acceptors (Lipinski definition) is 3. The molecule has 5 heteroatoms. The first-order valence-corrected chi connectivity index (χ1v) is 7.79. The molecule has 0 unspecified atom stereocenters. The van der Waals surface area contributed by atoms with Crippen LogP contribution in [0.25, 0.3) is 11.3 Å². The van der Waals surface area contributed by atoms with E-state index in [-0.39, 0.29) is 5.91 Å². The largest absolute Gasteiger partial charge is 0.497 e. The Labute approximate surface area is 140 Å². The van der Waals surface area contributed by atoms with E-state index in [9.17, 15) is 4.79 Å². The third kappa shape index (κ3) is 3.30. The molecule has 5 nitrogen and oxygen atoms in total. The predicted molar refractivity (Wildman–Crippen MR) is 94.3 cm³/mol. The van der Waals surface area contributed by atoms with Crippen molar-refractivity contribution in [2.75, 3.05) is 12.4 Å². The van der Waals surface area contributed by atoms with Gasteiger partial charge in [0, 0.05) is 11.3 Å². The minimum absolute atomic E-state index is 0.192. The van der Waals surface area contributed by atoms with Crippen LogP contribution in [-0.2, 0) is 6.42 Å². The number of carbonyl (C=O) groups excluding carboxylic acids is 1. The van der Waals surface area contributed by atoms with Crippen molar-refractivity contribution >= 4 is 11.6 Å². The van der Waals surface area contributed by atoms with Gasteiger partial charge < -0.3 is 10.1 Å². The number of benzene rings is 2.